The van der Waals surface area contributed by atoms with Gasteiger partial charge in [-0.1, -0.05) is 13.3 Å². The van der Waals surface area contributed by atoms with Crippen LogP contribution in [0.15, 0.2) is 0 Å². The van der Waals surface area contributed by atoms with E-state index in [9.17, 15) is 9.90 Å². The van der Waals surface area contributed by atoms with E-state index in [-0.39, 0.29) is 95.1 Å². The number of hydrogen-bond donors (Lipinski definition) is 0. The van der Waals surface area contributed by atoms with E-state index >= 15 is 0 Å². The van der Waals surface area contributed by atoms with Gasteiger partial charge in [-0.25, -0.2) is 0 Å². The molecule has 0 saturated carbocycles. The maximum Gasteiger partial charge on any atom is 1.00 e. The molecule has 0 bridgehead atoms. The third-order valence-corrected chi connectivity index (χ3v) is 0.454. The van der Waals surface area contributed by atoms with Gasteiger partial charge in [-0.15, -0.1) is 0 Å². The van der Waals surface area contributed by atoms with E-state index in [1.807, 2.05) is 0 Å². The van der Waals surface area contributed by atoms with E-state index in [1.165, 1.54) is 0 Å². The molecule has 14 heavy (non-hydrogen) atoms. The molecule has 0 spiro atoms. The summed E-state index contributed by atoms with van der Waals surface area (Å²) in [5.74, 6) is -0.961. The van der Waals surface area contributed by atoms with E-state index in [0.29, 0.717) is 6.42 Å². The molecular formula is C4H7Na3O6S. The fourth-order valence-corrected chi connectivity index (χ4v) is 0.204. The van der Waals surface area contributed by atoms with Crippen LogP contribution >= 0.6 is 0 Å². The quantitative estimate of drug-likeness (QED) is 0.273. The van der Waals surface area contributed by atoms with E-state index in [1.54, 1.807) is 6.92 Å². The first-order chi connectivity index (χ1) is 4.77. The molecule has 0 saturated heterocycles. The van der Waals surface area contributed by atoms with Gasteiger partial charge >= 0.3 is 88.7 Å². The van der Waals surface area contributed by atoms with Crippen LogP contribution in [-0.2, 0) is 15.2 Å². The van der Waals surface area contributed by atoms with E-state index in [0.717, 1.165) is 0 Å². The summed E-state index contributed by atoms with van der Waals surface area (Å²) in [4.78, 5) is 9.49. The molecule has 6 nitrogen and oxygen atoms in total. The van der Waals surface area contributed by atoms with Crippen molar-refractivity contribution in [2.75, 3.05) is 0 Å². The Balaban J connectivity index is -0.0000000321. The summed E-state index contributed by atoms with van der Waals surface area (Å²) in [6.45, 7) is 1.80. The van der Waals surface area contributed by atoms with Crippen molar-refractivity contribution in [3.8, 4) is 0 Å². The molecule has 0 unspecified atom stereocenters. The number of aliphatic carboxylic acids is 1. The minimum Gasteiger partial charge on any atom is -0.759 e. The van der Waals surface area contributed by atoms with Crippen molar-refractivity contribution >= 4 is 16.4 Å². The van der Waals surface area contributed by atoms with Crippen molar-refractivity contribution in [3.05, 3.63) is 0 Å². The fraction of sp³-hybridized carbons (Fsp3) is 0.750. The van der Waals surface area contributed by atoms with Crippen LogP contribution < -0.4 is 93.8 Å². The molecule has 0 aliphatic heterocycles. The molecule has 0 aromatic carbocycles. The maximum atomic E-state index is 9.49. The van der Waals surface area contributed by atoms with Crippen molar-refractivity contribution < 1.29 is 116 Å². The summed E-state index contributed by atoms with van der Waals surface area (Å²) in [6.07, 6.45) is 0.850. The molecule has 0 aromatic heterocycles. The summed E-state index contributed by atoms with van der Waals surface area (Å²) in [5.41, 5.74) is 0. The minimum absolute atomic E-state index is 0. The molecule has 10 heteroatoms. The van der Waals surface area contributed by atoms with Crippen LogP contribution in [0.2, 0.25) is 0 Å². The number of carboxylic acid groups (broad SMARTS) is 1. The topological polar surface area (TPSA) is 120 Å². The molecule has 0 amide bonds. The van der Waals surface area contributed by atoms with Gasteiger partial charge in [0.05, 0.1) is 0 Å². The minimum atomic E-state index is -5.17. The molecular weight excluding hydrogens is 245 g/mol. The van der Waals surface area contributed by atoms with Crippen LogP contribution in [0.4, 0.5) is 0 Å². The monoisotopic (exact) mass is 252 g/mol. The Hall–Kier alpha value is 2.34. The zero-order valence-corrected chi connectivity index (χ0v) is 15.6. The zero-order chi connectivity index (χ0) is 9.49. The van der Waals surface area contributed by atoms with Crippen molar-refractivity contribution in [2.24, 2.45) is 0 Å². The Morgan fingerprint density at radius 2 is 1.36 bits per heavy atom. The molecule has 0 atom stereocenters. The number of hydrogen-bond acceptors (Lipinski definition) is 6. The molecule has 0 aromatic rings. The van der Waals surface area contributed by atoms with Crippen LogP contribution in [0.5, 0.6) is 0 Å². The summed E-state index contributed by atoms with van der Waals surface area (Å²) < 4.78 is 34.1. The SMILES string of the molecule is CCCC(=O)[O-].O=S(=O)([O-])[O-].[Na+].[Na+].[Na+]. The molecule has 0 rings (SSSR count). The number of rotatable bonds is 2. The van der Waals surface area contributed by atoms with Gasteiger partial charge in [0.25, 0.3) is 0 Å². The first-order valence-electron chi connectivity index (χ1n) is 2.64. The Bertz CT molecular complexity index is 195. The molecule has 0 heterocycles. The predicted molar refractivity (Wildman–Crippen MR) is 30.4 cm³/mol. The predicted octanol–water partition coefficient (Wildman–Crippen LogP) is -10.8. The fourth-order valence-electron chi connectivity index (χ4n) is 0.204. The summed E-state index contributed by atoms with van der Waals surface area (Å²) in [5, 5.41) is 9.49. The summed E-state index contributed by atoms with van der Waals surface area (Å²) >= 11 is 0. The molecule has 68 valence electrons. The summed E-state index contributed by atoms with van der Waals surface area (Å²) in [6, 6.07) is 0. The second-order valence-corrected chi connectivity index (χ2v) is 2.35. The number of carbonyl (C=O) groups is 1. The molecule has 0 fully saturated rings. The Labute approximate surface area is 150 Å². The normalized spacial score (nSPS) is 7.64. The Morgan fingerprint density at radius 3 is 1.36 bits per heavy atom. The van der Waals surface area contributed by atoms with Gasteiger partial charge in [0, 0.05) is 16.4 Å². The van der Waals surface area contributed by atoms with Gasteiger partial charge in [0.2, 0.25) is 0 Å². The maximum absolute atomic E-state index is 9.49. The standard InChI is InChI=1S/C4H8O2.3Na.H2O4S/c1-2-3-4(5)6;;;;1-5(2,3)4/h2-3H2,1H3,(H,5,6);;;;(H2,1,2,3,4)/q;3*+1;/p-3. The zero-order valence-electron chi connectivity index (χ0n) is 8.77. The third kappa shape index (κ3) is 89.5. The summed E-state index contributed by atoms with van der Waals surface area (Å²) in [7, 11) is -5.17. The first kappa shape index (κ1) is 29.9. The van der Waals surface area contributed by atoms with E-state index in [4.69, 9.17) is 17.5 Å². The largest absolute Gasteiger partial charge is 1.00 e. The third-order valence-electron chi connectivity index (χ3n) is 0.454. The van der Waals surface area contributed by atoms with E-state index < -0.39 is 16.4 Å². The van der Waals surface area contributed by atoms with Crippen molar-refractivity contribution in [1.29, 1.82) is 0 Å². The average Bonchev–Trinajstić information content (AvgIpc) is 1.58. The Kier molecular flexibility index (Phi) is 37.9. The molecule has 0 radical (unpaired) electrons. The first-order valence-corrected chi connectivity index (χ1v) is 3.97. The van der Waals surface area contributed by atoms with Gasteiger partial charge in [-0.3, -0.25) is 8.42 Å². The van der Waals surface area contributed by atoms with Crippen LogP contribution in [-0.4, -0.2) is 23.5 Å². The number of carboxylic acids is 1. The van der Waals surface area contributed by atoms with Gasteiger partial charge in [0.15, 0.2) is 0 Å². The van der Waals surface area contributed by atoms with Gasteiger partial charge in [-0.2, -0.15) is 0 Å². The second-order valence-electron chi connectivity index (χ2n) is 1.53. The van der Waals surface area contributed by atoms with Crippen LogP contribution in [0, 0.1) is 0 Å². The smallest absolute Gasteiger partial charge is 0.759 e. The van der Waals surface area contributed by atoms with Crippen LogP contribution in [0.1, 0.15) is 19.8 Å². The molecule has 0 aliphatic rings. The van der Waals surface area contributed by atoms with Gasteiger partial charge in [0.1, 0.15) is 0 Å². The van der Waals surface area contributed by atoms with Gasteiger partial charge < -0.3 is 19.0 Å². The average molecular weight is 252 g/mol. The van der Waals surface area contributed by atoms with Crippen LogP contribution in [0.25, 0.3) is 0 Å². The van der Waals surface area contributed by atoms with Crippen molar-refractivity contribution in [2.45, 2.75) is 19.8 Å². The number of carbonyl (C=O) groups excluding carboxylic acids is 1. The Morgan fingerprint density at radius 1 is 1.14 bits per heavy atom. The van der Waals surface area contributed by atoms with Crippen LogP contribution in [0.3, 0.4) is 0 Å². The second kappa shape index (κ2) is 17.7. The van der Waals surface area contributed by atoms with Gasteiger partial charge in [-0.05, 0) is 6.42 Å². The van der Waals surface area contributed by atoms with E-state index in [2.05, 4.69) is 0 Å². The van der Waals surface area contributed by atoms with Crippen molar-refractivity contribution in [1.82, 2.24) is 0 Å². The molecule has 0 aliphatic carbocycles. The van der Waals surface area contributed by atoms with Crippen molar-refractivity contribution in [3.63, 3.8) is 0 Å². The molecule has 0 N–H and O–H groups in total.